The third-order valence-corrected chi connectivity index (χ3v) is 3.13. The van der Waals surface area contributed by atoms with E-state index < -0.39 is 0 Å². The van der Waals surface area contributed by atoms with Crippen LogP contribution in [-0.4, -0.2) is 9.78 Å². The summed E-state index contributed by atoms with van der Waals surface area (Å²) in [4.78, 5) is 0. The predicted molar refractivity (Wildman–Crippen MR) is 69.9 cm³/mol. The smallest absolute Gasteiger partial charge is 0.0518 e. The molecular weight excluding hydrogens is 234 g/mol. The zero-order valence-electron chi connectivity index (χ0n) is 10.0. The second kappa shape index (κ2) is 5.34. The molecule has 0 aliphatic rings. The van der Waals surface area contributed by atoms with Crippen molar-refractivity contribution in [2.24, 2.45) is 7.05 Å². The highest BCUT2D eigenvalue weighted by molar-refractivity contribution is 6.30. The maximum atomic E-state index is 5.86. The van der Waals surface area contributed by atoms with Gasteiger partial charge in [0.25, 0.3) is 0 Å². The van der Waals surface area contributed by atoms with Crippen molar-refractivity contribution in [2.45, 2.75) is 19.5 Å². The highest BCUT2D eigenvalue weighted by Crippen LogP contribution is 2.16. The maximum Gasteiger partial charge on any atom is 0.0518 e. The van der Waals surface area contributed by atoms with E-state index in [1.54, 1.807) is 0 Å². The summed E-state index contributed by atoms with van der Waals surface area (Å²) < 4.78 is 1.88. The average Bonchev–Trinajstić information content (AvgIpc) is 2.73. The summed E-state index contributed by atoms with van der Waals surface area (Å²) in [6.07, 6.45) is 1.81. The summed E-state index contributed by atoms with van der Waals surface area (Å²) in [7, 11) is 1.95. The summed E-state index contributed by atoms with van der Waals surface area (Å²) >= 11 is 5.86. The van der Waals surface area contributed by atoms with E-state index in [9.17, 15) is 0 Å². The minimum Gasteiger partial charge on any atom is -0.305 e. The Hall–Kier alpha value is -1.32. The minimum atomic E-state index is 0.294. The summed E-state index contributed by atoms with van der Waals surface area (Å²) in [5.74, 6) is 0. The molecule has 2 aromatic rings. The molecular formula is C13H16ClN3. The molecule has 0 radical (unpaired) electrons. The second-order valence-corrected chi connectivity index (χ2v) is 4.54. The van der Waals surface area contributed by atoms with Crippen molar-refractivity contribution in [1.82, 2.24) is 15.1 Å². The third-order valence-electron chi connectivity index (χ3n) is 2.88. The summed E-state index contributed by atoms with van der Waals surface area (Å²) in [6.45, 7) is 2.94. The first-order chi connectivity index (χ1) is 8.16. The van der Waals surface area contributed by atoms with E-state index in [0.29, 0.717) is 6.04 Å². The van der Waals surface area contributed by atoms with Gasteiger partial charge >= 0.3 is 0 Å². The molecule has 1 heterocycles. The Morgan fingerprint density at radius 2 is 2.00 bits per heavy atom. The first kappa shape index (κ1) is 12.1. The molecule has 0 aliphatic heterocycles. The first-order valence-electron chi connectivity index (χ1n) is 5.62. The molecule has 17 heavy (non-hydrogen) atoms. The average molecular weight is 250 g/mol. The van der Waals surface area contributed by atoms with Crippen LogP contribution in [0.15, 0.2) is 36.5 Å². The number of nitrogens with one attached hydrogen (secondary N) is 1. The van der Waals surface area contributed by atoms with E-state index in [1.165, 1.54) is 11.3 Å². The molecule has 0 spiro atoms. The lowest BCUT2D eigenvalue weighted by Crippen LogP contribution is -2.19. The molecule has 1 atom stereocenters. The van der Waals surface area contributed by atoms with E-state index >= 15 is 0 Å². The minimum absolute atomic E-state index is 0.294. The van der Waals surface area contributed by atoms with Crippen molar-refractivity contribution in [3.05, 3.63) is 52.8 Å². The van der Waals surface area contributed by atoms with Gasteiger partial charge in [0.15, 0.2) is 0 Å². The summed E-state index contributed by atoms with van der Waals surface area (Å²) in [5, 5.41) is 8.37. The highest BCUT2D eigenvalue weighted by Gasteiger charge is 2.05. The van der Waals surface area contributed by atoms with Gasteiger partial charge in [0, 0.05) is 30.9 Å². The standard InChI is InChI=1S/C13H16ClN3/c1-10(11-3-5-12(14)6-4-11)15-9-13-7-8-16-17(13)2/h3-8,10,15H,9H2,1-2H3/t10-/m0/s1. The molecule has 3 nitrogen and oxygen atoms in total. The molecule has 90 valence electrons. The Labute approximate surface area is 106 Å². The molecule has 0 amide bonds. The molecule has 2 rings (SSSR count). The van der Waals surface area contributed by atoms with Gasteiger partial charge in [0.2, 0.25) is 0 Å². The fraction of sp³-hybridized carbons (Fsp3) is 0.308. The molecule has 1 aromatic heterocycles. The Bertz CT molecular complexity index is 476. The molecule has 0 unspecified atom stereocenters. The largest absolute Gasteiger partial charge is 0.305 e. The Morgan fingerprint density at radius 1 is 1.29 bits per heavy atom. The molecule has 1 aromatic carbocycles. The van der Waals surface area contributed by atoms with Gasteiger partial charge in [-0.1, -0.05) is 23.7 Å². The van der Waals surface area contributed by atoms with Gasteiger partial charge in [-0.3, -0.25) is 4.68 Å². The van der Waals surface area contributed by atoms with E-state index in [1.807, 2.05) is 48.3 Å². The van der Waals surface area contributed by atoms with Gasteiger partial charge in [-0.2, -0.15) is 5.10 Å². The fourth-order valence-electron chi connectivity index (χ4n) is 1.70. The van der Waals surface area contributed by atoms with Gasteiger partial charge in [0.05, 0.1) is 5.69 Å². The maximum absolute atomic E-state index is 5.86. The van der Waals surface area contributed by atoms with Crippen molar-refractivity contribution in [3.8, 4) is 0 Å². The number of aromatic nitrogens is 2. The van der Waals surface area contributed by atoms with E-state index in [0.717, 1.165) is 11.6 Å². The Kier molecular flexibility index (Phi) is 3.82. The zero-order chi connectivity index (χ0) is 12.3. The lowest BCUT2D eigenvalue weighted by molar-refractivity contribution is 0.548. The Balaban J connectivity index is 1.95. The van der Waals surface area contributed by atoms with Gasteiger partial charge in [-0.15, -0.1) is 0 Å². The quantitative estimate of drug-likeness (QED) is 0.903. The van der Waals surface area contributed by atoms with Crippen LogP contribution in [0.5, 0.6) is 0 Å². The van der Waals surface area contributed by atoms with E-state index in [4.69, 9.17) is 11.6 Å². The summed E-state index contributed by atoms with van der Waals surface area (Å²) in [6, 6.07) is 10.2. The first-order valence-corrected chi connectivity index (χ1v) is 6.00. The van der Waals surface area contributed by atoms with Crippen LogP contribution in [0.4, 0.5) is 0 Å². The van der Waals surface area contributed by atoms with Crippen molar-refractivity contribution in [1.29, 1.82) is 0 Å². The molecule has 0 saturated carbocycles. The van der Waals surface area contributed by atoms with Crippen LogP contribution in [0.25, 0.3) is 0 Å². The number of hydrogen-bond donors (Lipinski definition) is 1. The summed E-state index contributed by atoms with van der Waals surface area (Å²) in [5.41, 5.74) is 2.40. The highest BCUT2D eigenvalue weighted by atomic mass is 35.5. The lowest BCUT2D eigenvalue weighted by Gasteiger charge is -2.14. The molecule has 0 saturated heterocycles. The van der Waals surface area contributed by atoms with Crippen LogP contribution in [0.1, 0.15) is 24.2 Å². The van der Waals surface area contributed by atoms with E-state index in [-0.39, 0.29) is 0 Å². The third kappa shape index (κ3) is 3.08. The van der Waals surface area contributed by atoms with Gasteiger partial charge in [-0.05, 0) is 30.7 Å². The predicted octanol–water partition coefficient (Wildman–Crippen LogP) is 2.92. The second-order valence-electron chi connectivity index (χ2n) is 4.10. The van der Waals surface area contributed by atoms with Gasteiger partial charge in [0.1, 0.15) is 0 Å². The van der Waals surface area contributed by atoms with Crippen LogP contribution < -0.4 is 5.32 Å². The van der Waals surface area contributed by atoms with Crippen molar-refractivity contribution in [2.75, 3.05) is 0 Å². The Morgan fingerprint density at radius 3 is 2.59 bits per heavy atom. The molecule has 0 bridgehead atoms. The van der Waals surface area contributed by atoms with Crippen LogP contribution in [-0.2, 0) is 13.6 Å². The zero-order valence-corrected chi connectivity index (χ0v) is 10.8. The van der Waals surface area contributed by atoms with Crippen LogP contribution >= 0.6 is 11.6 Å². The van der Waals surface area contributed by atoms with Crippen LogP contribution in [0, 0.1) is 0 Å². The lowest BCUT2D eigenvalue weighted by atomic mass is 10.1. The SMILES string of the molecule is C[C@H](NCc1ccnn1C)c1ccc(Cl)cc1. The van der Waals surface area contributed by atoms with Crippen LogP contribution in [0.3, 0.4) is 0 Å². The monoisotopic (exact) mass is 249 g/mol. The van der Waals surface area contributed by atoms with Crippen molar-refractivity contribution >= 4 is 11.6 Å². The van der Waals surface area contributed by atoms with Crippen molar-refractivity contribution in [3.63, 3.8) is 0 Å². The number of benzene rings is 1. The molecule has 0 aliphatic carbocycles. The number of halogens is 1. The fourth-order valence-corrected chi connectivity index (χ4v) is 1.83. The number of hydrogen-bond acceptors (Lipinski definition) is 2. The van der Waals surface area contributed by atoms with E-state index in [2.05, 4.69) is 17.3 Å². The number of nitrogens with zero attached hydrogens (tertiary/aromatic N) is 2. The molecule has 1 N–H and O–H groups in total. The molecule has 0 fully saturated rings. The topological polar surface area (TPSA) is 29.9 Å². The number of rotatable bonds is 4. The van der Waals surface area contributed by atoms with Gasteiger partial charge in [-0.25, -0.2) is 0 Å². The van der Waals surface area contributed by atoms with Gasteiger partial charge < -0.3 is 5.32 Å². The normalized spacial score (nSPS) is 12.6. The van der Waals surface area contributed by atoms with Crippen LogP contribution in [0.2, 0.25) is 5.02 Å². The van der Waals surface area contributed by atoms with Crippen molar-refractivity contribution < 1.29 is 0 Å². The number of aryl methyl sites for hydroxylation is 1. The molecule has 4 heteroatoms.